The number of amides is 1. The Morgan fingerprint density at radius 3 is 2.44 bits per heavy atom. The van der Waals surface area contributed by atoms with E-state index in [2.05, 4.69) is 15.6 Å². The second-order valence-electron chi connectivity index (χ2n) is 9.14. The topological polar surface area (TPSA) is 80.6 Å². The minimum absolute atomic E-state index is 0.0651. The van der Waals surface area contributed by atoms with Crippen molar-refractivity contribution in [3.63, 3.8) is 0 Å². The molecule has 1 saturated heterocycles. The first-order valence-electron chi connectivity index (χ1n) is 12.4. The number of nitrogens with zero attached hydrogens (tertiary/aromatic N) is 2. The molecule has 2 rings (SSSR count). The van der Waals surface area contributed by atoms with Crippen molar-refractivity contribution in [1.29, 1.82) is 5.41 Å². The summed E-state index contributed by atoms with van der Waals surface area (Å²) in [4.78, 5) is 18.2. The zero-order valence-electron chi connectivity index (χ0n) is 22.2. The van der Waals surface area contributed by atoms with Crippen LogP contribution in [-0.4, -0.2) is 61.0 Å². The largest absolute Gasteiger partial charge is 0.417 e. The quantitative estimate of drug-likeness (QED) is 0.255. The highest BCUT2D eigenvalue weighted by Gasteiger charge is 2.46. The highest BCUT2D eigenvalue weighted by atomic mass is 19.4. The van der Waals surface area contributed by atoms with Crippen LogP contribution in [0.4, 0.5) is 26.3 Å². The fourth-order valence-corrected chi connectivity index (χ4v) is 4.24. The van der Waals surface area contributed by atoms with Crippen LogP contribution >= 0.6 is 0 Å². The van der Waals surface area contributed by atoms with Crippen molar-refractivity contribution in [2.45, 2.75) is 51.8 Å². The normalized spacial score (nSPS) is 20.8. The molecule has 0 spiro atoms. The molecule has 3 N–H and O–H groups in total. The number of nitrogens with one attached hydrogen (secondary N) is 3. The molecule has 1 aliphatic rings. The standard InChI is InChI=1S/C27H33F6N5O/c1-5-7-19(27(31,32)33)13-36-23(6-2)37-15-22-17(3)12-26(29,30)16-38(22)25(39)24(34)21(14-35-4)18-8-10-20(28)11-9-18/h6-11,13-14,17,22,34-35,37H,5,12,15-16H2,1-4H3/b19-7+,21-14-,23-6+,34-24?,36-13-. The summed E-state index contributed by atoms with van der Waals surface area (Å²) < 4.78 is 82.1. The number of hydrogen-bond donors (Lipinski definition) is 3. The van der Waals surface area contributed by atoms with E-state index in [0.29, 0.717) is 11.8 Å². The third-order valence-electron chi connectivity index (χ3n) is 6.13. The van der Waals surface area contributed by atoms with E-state index in [1.54, 1.807) is 13.8 Å². The van der Waals surface area contributed by atoms with Crippen molar-refractivity contribution >= 4 is 23.4 Å². The summed E-state index contributed by atoms with van der Waals surface area (Å²) in [6.07, 6.45) is -0.506. The number of carbonyl (C=O) groups is 1. The van der Waals surface area contributed by atoms with Crippen LogP contribution in [0.25, 0.3) is 5.57 Å². The summed E-state index contributed by atoms with van der Waals surface area (Å²) in [5.74, 6) is -5.34. The lowest BCUT2D eigenvalue weighted by molar-refractivity contribution is -0.145. The van der Waals surface area contributed by atoms with Crippen molar-refractivity contribution in [3.8, 4) is 0 Å². The van der Waals surface area contributed by atoms with Crippen LogP contribution in [0, 0.1) is 17.1 Å². The molecule has 39 heavy (non-hydrogen) atoms. The fraction of sp³-hybridized carbons (Fsp3) is 0.444. The van der Waals surface area contributed by atoms with Gasteiger partial charge in [0.25, 0.3) is 11.8 Å². The van der Waals surface area contributed by atoms with E-state index in [4.69, 9.17) is 5.41 Å². The Hall–Kier alpha value is -3.57. The summed E-state index contributed by atoms with van der Waals surface area (Å²) in [6.45, 7) is 3.62. The molecule has 0 radical (unpaired) electrons. The number of alkyl halides is 5. The van der Waals surface area contributed by atoms with E-state index in [0.717, 1.165) is 23.1 Å². The number of benzene rings is 1. The SMILES string of the molecule is C\C=C(/N=C\C(=C/CC)C(F)(F)F)NCC1C(C)CC(F)(F)CN1C(=O)C(=N)/C(=C\NC)c1ccc(F)cc1. The van der Waals surface area contributed by atoms with Gasteiger partial charge in [-0.3, -0.25) is 10.2 Å². The van der Waals surface area contributed by atoms with Gasteiger partial charge >= 0.3 is 6.18 Å². The lowest BCUT2D eigenvalue weighted by Crippen LogP contribution is -2.59. The maximum atomic E-state index is 14.6. The van der Waals surface area contributed by atoms with Gasteiger partial charge in [-0.15, -0.1) is 0 Å². The molecule has 1 fully saturated rings. The Balaban J connectivity index is 2.31. The second kappa shape index (κ2) is 13.5. The van der Waals surface area contributed by atoms with Gasteiger partial charge in [0.05, 0.1) is 18.2 Å². The van der Waals surface area contributed by atoms with E-state index >= 15 is 0 Å². The van der Waals surface area contributed by atoms with Gasteiger partial charge in [0.1, 0.15) is 17.3 Å². The van der Waals surface area contributed by atoms with E-state index in [9.17, 15) is 31.1 Å². The van der Waals surface area contributed by atoms with E-state index in [-0.39, 0.29) is 24.4 Å². The third kappa shape index (κ3) is 8.72. The van der Waals surface area contributed by atoms with Gasteiger partial charge in [0.2, 0.25) is 0 Å². The molecule has 2 unspecified atom stereocenters. The lowest BCUT2D eigenvalue weighted by atomic mass is 9.87. The van der Waals surface area contributed by atoms with Crippen LogP contribution in [0.15, 0.2) is 59.0 Å². The first-order chi connectivity index (χ1) is 18.2. The highest BCUT2D eigenvalue weighted by molar-refractivity contribution is 6.54. The van der Waals surface area contributed by atoms with Crippen molar-refractivity contribution < 1.29 is 31.1 Å². The minimum atomic E-state index is -4.59. The van der Waals surface area contributed by atoms with Gasteiger partial charge in [-0.25, -0.2) is 18.2 Å². The summed E-state index contributed by atoms with van der Waals surface area (Å²) in [6, 6.07) is 4.22. The van der Waals surface area contributed by atoms with Gasteiger partial charge in [-0.05, 0) is 43.0 Å². The van der Waals surface area contributed by atoms with Crippen molar-refractivity contribution in [2.75, 3.05) is 20.1 Å². The zero-order chi connectivity index (χ0) is 29.4. The van der Waals surface area contributed by atoms with Gasteiger partial charge in [0, 0.05) is 38.0 Å². The van der Waals surface area contributed by atoms with E-state index < -0.39 is 60.0 Å². The Labute approximate surface area is 224 Å². The molecule has 0 aliphatic carbocycles. The average molecular weight is 558 g/mol. The number of halogens is 6. The molecule has 0 aromatic heterocycles. The molecule has 0 saturated carbocycles. The van der Waals surface area contributed by atoms with Gasteiger partial charge < -0.3 is 15.5 Å². The predicted octanol–water partition coefficient (Wildman–Crippen LogP) is 5.70. The first-order valence-corrected chi connectivity index (χ1v) is 12.4. The fourth-order valence-electron chi connectivity index (χ4n) is 4.24. The van der Waals surface area contributed by atoms with Gasteiger partial charge in [-0.2, -0.15) is 13.2 Å². The number of rotatable bonds is 10. The Bertz CT molecular complexity index is 1140. The number of likely N-dealkylation sites (tertiary alicyclic amines) is 1. The summed E-state index contributed by atoms with van der Waals surface area (Å²) in [5, 5.41) is 14.1. The maximum absolute atomic E-state index is 14.6. The Morgan fingerprint density at radius 1 is 1.26 bits per heavy atom. The molecular weight excluding hydrogens is 524 g/mol. The number of carbonyl (C=O) groups excluding carboxylic acids is 1. The number of piperidine rings is 1. The molecule has 2 atom stereocenters. The maximum Gasteiger partial charge on any atom is 0.417 e. The number of hydrogen-bond acceptors (Lipinski definition) is 5. The Kier molecular flexibility index (Phi) is 10.9. The predicted molar refractivity (Wildman–Crippen MR) is 140 cm³/mol. The molecule has 214 valence electrons. The van der Waals surface area contributed by atoms with Crippen LogP contribution < -0.4 is 10.6 Å². The van der Waals surface area contributed by atoms with Crippen LogP contribution in [0.3, 0.4) is 0 Å². The Morgan fingerprint density at radius 2 is 1.90 bits per heavy atom. The molecule has 1 aromatic carbocycles. The molecule has 1 aliphatic heterocycles. The van der Waals surface area contributed by atoms with Crippen molar-refractivity contribution in [1.82, 2.24) is 15.5 Å². The minimum Gasteiger partial charge on any atom is -0.393 e. The second-order valence-corrected chi connectivity index (χ2v) is 9.14. The summed E-state index contributed by atoms with van der Waals surface area (Å²) in [7, 11) is 1.53. The smallest absolute Gasteiger partial charge is 0.393 e. The summed E-state index contributed by atoms with van der Waals surface area (Å²) in [5.41, 5.74) is -1.08. The lowest BCUT2D eigenvalue weighted by Gasteiger charge is -2.43. The van der Waals surface area contributed by atoms with Crippen molar-refractivity contribution in [2.24, 2.45) is 10.9 Å². The molecule has 1 amide bonds. The van der Waals surface area contributed by atoms with Crippen LogP contribution in [0.2, 0.25) is 0 Å². The zero-order valence-corrected chi connectivity index (χ0v) is 22.2. The van der Waals surface area contributed by atoms with Gasteiger partial charge in [0.15, 0.2) is 0 Å². The van der Waals surface area contributed by atoms with Crippen LogP contribution in [-0.2, 0) is 4.79 Å². The molecular formula is C27H33F6N5O. The molecule has 6 nitrogen and oxygen atoms in total. The van der Waals surface area contributed by atoms with Gasteiger partial charge in [-0.1, -0.05) is 32.1 Å². The molecule has 1 aromatic rings. The average Bonchev–Trinajstić information content (AvgIpc) is 2.86. The van der Waals surface area contributed by atoms with Crippen LogP contribution in [0.1, 0.15) is 39.2 Å². The summed E-state index contributed by atoms with van der Waals surface area (Å²) >= 11 is 0. The monoisotopic (exact) mass is 557 g/mol. The number of allylic oxidation sites excluding steroid dienone is 3. The first kappa shape index (κ1) is 31.6. The van der Waals surface area contributed by atoms with E-state index in [1.165, 1.54) is 38.4 Å². The molecule has 12 heteroatoms. The van der Waals surface area contributed by atoms with Crippen LogP contribution in [0.5, 0.6) is 0 Å². The molecule has 1 heterocycles. The molecule has 0 bridgehead atoms. The number of aliphatic imine (C=N–C) groups is 1. The third-order valence-corrected chi connectivity index (χ3v) is 6.13. The van der Waals surface area contributed by atoms with E-state index in [1.807, 2.05) is 0 Å². The van der Waals surface area contributed by atoms with Crippen molar-refractivity contribution in [3.05, 3.63) is 65.4 Å². The highest BCUT2D eigenvalue weighted by Crippen LogP contribution is 2.35.